The van der Waals surface area contributed by atoms with Gasteiger partial charge in [0, 0.05) is 10.5 Å². The molecule has 0 aliphatic heterocycles. The van der Waals surface area contributed by atoms with Gasteiger partial charge in [0.05, 0.1) is 8.07 Å². The highest BCUT2D eigenvalue weighted by atomic mass is 32.2. The second-order valence-electron chi connectivity index (χ2n) is 9.21. The summed E-state index contributed by atoms with van der Waals surface area (Å²) in [5.41, 5.74) is 2.36. The van der Waals surface area contributed by atoms with E-state index >= 15 is 0 Å². The molecule has 0 saturated carbocycles. The van der Waals surface area contributed by atoms with Gasteiger partial charge < -0.3 is 5.11 Å². The van der Waals surface area contributed by atoms with Gasteiger partial charge in [-0.1, -0.05) is 80.4 Å². The number of hydrogen-bond acceptors (Lipinski definition) is 2. The van der Waals surface area contributed by atoms with Crippen molar-refractivity contribution in [2.45, 2.75) is 96.2 Å². The van der Waals surface area contributed by atoms with Gasteiger partial charge >= 0.3 is 0 Å². The van der Waals surface area contributed by atoms with E-state index in [0.29, 0.717) is 5.75 Å². The summed E-state index contributed by atoms with van der Waals surface area (Å²) in [4.78, 5) is 1.37. The van der Waals surface area contributed by atoms with Crippen LogP contribution >= 0.6 is 11.8 Å². The number of thioether (sulfide) groups is 1. The molecule has 24 heavy (non-hydrogen) atoms. The fourth-order valence-electron chi connectivity index (χ4n) is 3.16. The SMILES string of the molecule is CC[Si](CC)(CC)CSc1cc(C(C)(C)C)c(O)cc1C(C)(C)C. The third-order valence-electron chi connectivity index (χ3n) is 5.50. The number of phenolic OH excluding ortho intramolecular Hbond substituents is 1. The van der Waals surface area contributed by atoms with Gasteiger partial charge in [0.25, 0.3) is 0 Å². The maximum absolute atomic E-state index is 10.6. The van der Waals surface area contributed by atoms with Gasteiger partial charge in [-0.25, -0.2) is 0 Å². The first-order chi connectivity index (χ1) is 10.9. The molecule has 138 valence electrons. The maximum Gasteiger partial charge on any atom is 0.119 e. The summed E-state index contributed by atoms with van der Waals surface area (Å²) in [6.45, 7) is 20.4. The predicted molar refractivity (Wildman–Crippen MR) is 113 cm³/mol. The summed E-state index contributed by atoms with van der Waals surface area (Å²) in [5.74, 6) is 0.446. The molecule has 0 spiro atoms. The first kappa shape index (κ1) is 21.6. The van der Waals surface area contributed by atoms with Gasteiger partial charge in [-0.3, -0.25) is 0 Å². The van der Waals surface area contributed by atoms with Crippen molar-refractivity contribution in [1.29, 1.82) is 0 Å². The van der Waals surface area contributed by atoms with E-state index in [9.17, 15) is 5.11 Å². The average Bonchev–Trinajstić information content (AvgIpc) is 2.47. The molecular formula is C21H38OSSi. The molecule has 0 fully saturated rings. The minimum Gasteiger partial charge on any atom is -0.508 e. The molecule has 0 unspecified atom stereocenters. The van der Waals surface area contributed by atoms with Gasteiger partial charge in [0.2, 0.25) is 0 Å². The lowest BCUT2D eigenvalue weighted by Crippen LogP contribution is -2.35. The van der Waals surface area contributed by atoms with Crippen LogP contribution in [0.15, 0.2) is 17.0 Å². The Bertz CT molecular complexity index is 540. The quantitative estimate of drug-likeness (QED) is 0.427. The molecule has 0 heterocycles. The first-order valence-electron chi connectivity index (χ1n) is 9.41. The Morgan fingerprint density at radius 3 is 1.67 bits per heavy atom. The molecule has 1 aromatic carbocycles. The smallest absolute Gasteiger partial charge is 0.119 e. The lowest BCUT2D eigenvalue weighted by atomic mass is 9.81. The predicted octanol–water partition coefficient (Wildman–Crippen LogP) is 7.13. The Balaban J connectivity index is 3.33. The Morgan fingerprint density at radius 1 is 0.833 bits per heavy atom. The van der Waals surface area contributed by atoms with Gasteiger partial charge in [-0.05, 0) is 33.9 Å². The molecule has 3 heteroatoms. The van der Waals surface area contributed by atoms with Crippen LogP contribution < -0.4 is 0 Å². The zero-order valence-corrected chi connectivity index (χ0v) is 19.2. The summed E-state index contributed by atoms with van der Waals surface area (Å²) in [5, 5.41) is 11.9. The van der Waals surface area contributed by atoms with Crippen LogP contribution in [0.4, 0.5) is 0 Å². The van der Waals surface area contributed by atoms with Crippen molar-refractivity contribution in [2.24, 2.45) is 0 Å². The van der Waals surface area contributed by atoms with Crippen molar-refractivity contribution in [3.05, 3.63) is 23.3 Å². The van der Waals surface area contributed by atoms with Crippen LogP contribution in [0.2, 0.25) is 18.1 Å². The zero-order valence-electron chi connectivity index (χ0n) is 17.3. The van der Waals surface area contributed by atoms with Crippen LogP contribution in [0, 0.1) is 0 Å². The molecule has 0 bridgehead atoms. The summed E-state index contributed by atoms with van der Waals surface area (Å²) >= 11 is 2.04. The highest BCUT2D eigenvalue weighted by Crippen LogP contribution is 2.42. The third kappa shape index (κ3) is 5.04. The summed E-state index contributed by atoms with van der Waals surface area (Å²) < 4.78 is 0. The highest BCUT2D eigenvalue weighted by molar-refractivity contribution is 8.01. The van der Waals surface area contributed by atoms with Crippen molar-refractivity contribution in [3.8, 4) is 5.75 Å². The number of hydrogen-bond donors (Lipinski definition) is 1. The molecule has 0 aliphatic rings. The van der Waals surface area contributed by atoms with Crippen LogP contribution in [0.25, 0.3) is 0 Å². The summed E-state index contributed by atoms with van der Waals surface area (Å²) in [6.07, 6.45) is 0. The number of phenols is 1. The Hall–Kier alpha value is -0.413. The largest absolute Gasteiger partial charge is 0.508 e. The van der Waals surface area contributed by atoms with Gasteiger partial charge in [-0.15, -0.1) is 11.8 Å². The van der Waals surface area contributed by atoms with Crippen LogP contribution in [-0.4, -0.2) is 18.6 Å². The molecule has 0 saturated heterocycles. The van der Waals surface area contributed by atoms with E-state index in [1.165, 1.54) is 34.0 Å². The van der Waals surface area contributed by atoms with Crippen LogP contribution in [0.5, 0.6) is 5.75 Å². The second-order valence-corrected chi connectivity index (χ2v) is 16.2. The number of rotatable bonds is 6. The van der Waals surface area contributed by atoms with E-state index in [-0.39, 0.29) is 10.8 Å². The fraction of sp³-hybridized carbons (Fsp3) is 0.714. The molecule has 1 aromatic rings. The summed E-state index contributed by atoms with van der Waals surface area (Å²) in [6, 6.07) is 8.38. The third-order valence-corrected chi connectivity index (χ3v) is 13.7. The monoisotopic (exact) mass is 366 g/mol. The lowest BCUT2D eigenvalue weighted by Gasteiger charge is -2.31. The van der Waals surface area contributed by atoms with E-state index in [1.807, 2.05) is 17.8 Å². The van der Waals surface area contributed by atoms with Crippen molar-refractivity contribution in [3.63, 3.8) is 0 Å². The van der Waals surface area contributed by atoms with Crippen molar-refractivity contribution < 1.29 is 5.11 Å². The molecule has 0 aliphatic carbocycles. The van der Waals surface area contributed by atoms with Gasteiger partial charge in [0.15, 0.2) is 0 Å². The van der Waals surface area contributed by atoms with E-state index in [4.69, 9.17) is 0 Å². The van der Waals surface area contributed by atoms with E-state index in [0.717, 1.165) is 5.56 Å². The Labute approximate surface area is 155 Å². The zero-order chi connectivity index (χ0) is 18.8. The van der Waals surface area contributed by atoms with Gasteiger partial charge in [-0.2, -0.15) is 0 Å². The Kier molecular flexibility index (Phi) is 7.09. The normalized spacial score (nSPS) is 13.4. The molecule has 1 nitrogen and oxygen atoms in total. The van der Waals surface area contributed by atoms with Crippen LogP contribution in [0.1, 0.15) is 73.4 Å². The van der Waals surface area contributed by atoms with Crippen molar-refractivity contribution in [1.82, 2.24) is 0 Å². The Morgan fingerprint density at radius 2 is 1.29 bits per heavy atom. The van der Waals surface area contributed by atoms with E-state index in [2.05, 4.69) is 68.4 Å². The highest BCUT2D eigenvalue weighted by Gasteiger charge is 2.29. The minimum atomic E-state index is -1.16. The van der Waals surface area contributed by atoms with Crippen LogP contribution in [-0.2, 0) is 10.8 Å². The topological polar surface area (TPSA) is 20.2 Å². The molecule has 0 atom stereocenters. The molecule has 1 N–H and O–H groups in total. The van der Waals surface area contributed by atoms with Crippen molar-refractivity contribution >= 4 is 19.8 Å². The molecule has 0 radical (unpaired) electrons. The number of benzene rings is 1. The van der Waals surface area contributed by atoms with E-state index in [1.54, 1.807) is 0 Å². The maximum atomic E-state index is 10.6. The van der Waals surface area contributed by atoms with Crippen molar-refractivity contribution in [2.75, 3.05) is 5.38 Å². The molecular weight excluding hydrogens is 328 g/mol. The second kappa shape index (κ2) is 7.86. The standard InChI is InChI=1S/C21H38OSSi/c1-10-24(11-2,12-3)15-23-19-14-16(20(4,5)6)18(22)13-17(19)21(7,8)9/h13-14,22H,10-12,15H2,1-9H3. The van der Waals surface area contributed by atoms with Crippen LogP contribution in [0.3, 0.4) is 0 Å². The molecule has 0 amide bonds. The lowest BCUT2D eigenvalue weighted by molar-refractivity contribution is 0.441. The average molecular weight is 367 g/mol. The summed E-state index contributed by atoms with van der Waals surface area (Å²) in [7, 11) is -1.16. The first-order valence-corrected chi connectivity index (χ1v) is 13.2. The number of aromatic hydroxyl groups is 1. The molecule has 1 rings (SSSR count). The fourth-order valence-corrected chi connectivity index (χ4v) is 9.68. The van der Waals surface area contributed by atoms with Gasteiger partial charge in [0.1, 0.15) is 5.75 Å². The van der Waals surface area contributed by atoms with E-state index < -0.39 is 8.07 Å². The molecule has 0 aromatic heterocycles. The minimum absolute atomic E-state index is 0.0371.